The predicted molar refractivity (Wildman–Crippen MR) is 105 cm³/mol. The molecule has 1 N–H and O–H groups in total. The summed E-state index contributed by atoms with van der Waals surface area (Å²) in [7, 11) is 0. The molecule has 0 aliphatic heterocycles. The Hall–Kier alpha value is -2.95. The van der Waals surface area contributed by atoms with Gasteiger partial charge in [0.25, 0.3) is 5.56 Å². The van der Waals surface area contributed by atoms with Gasteiger partial charge in [-0.2, -0.15) is 0 Å². The second-order valence-corrected chi connectivity index (χ2v) is 6.51. The summed E-state index contributed by atoms with van der Waals surface area (Å²) in [6, 6.07) is 15.0. The summed E-state index contributed by atoms with van der Waals surface area (Å²) in [6.45, 7) is 5.94. The Morgan fingerprint density at radius 2 is 1.85 bits per heavy atom. The van der Waals surface area contributed by atoms with Crippen LogP contribution in [0, 0.1) is 6.92 Å². The zero-order chi connectivity index (χ0) is 18.7. The van der Waals surface area contributed by atoms with Crippen LogP contribution in [-0.4, -0.2) is 15.5 Å². The molecule has 0 aliphatic carbocycles. The second kappa shape index (κ2) is 7.52. The maximum absolute atomic E-state index is 12.7. The van der Waals surface area contributed by atoms with Gasteiger partial charge in [-0.25, -0.2) is 4.98 Å². The van der Waals surface area contributed by atoms with Gasteiger partial charge >= 0.3 is 0 Å². The number of aromatic nitrogens is 2. The lowest BCUT2D eigenvalue weighted by molar-refractivity contribution is -0.116. The number of para-hydroxylation sites is 2. The van der Waals surface area contributed by atoms with Gasteiger partial charge in [-0.3, -0.25) is 14.2 Å². The Kier molecular flexibility index (Phi) is 5.16. The van der Waals surface area contributed by atoms with Crippen molar-refractivity contribution in [1.29, 1.82) is 0 Å². The molecule has 5 heteroatoms. The molecule has 2 aromatic carbocycles. The van der Waals surface area contributed by atoms with Crippen molar-refractivity contribution >= 4 is 22.5 Å². The molecule has 0 saturated carbocycles. The Bertz CT molecular complexity index is 1010. The number of hydrogen-bond acceptors (Lipinski definition) is 3. The third-order valence-corrected chi connectivity index (χ3v) is 4.73. The van der Waals surface area contributed by atoms with Crippen LogP contribution in [0.15, 0.2) is 53.3 Å². The monoisotopic (exact) mass is 349 g/mol. The first kappa shape index (κ1) is 17.9. The van der Waals surface area contributed by atoms with Crippen molar-refractivity contribution in [2.45, 2.75) is 39.7 Å². The number of anilines is 1. The second-order valence-electron chi connectivity index (χ2n) is 6.51. The Balaban J connectivity index is 1.88. The molecule has 0 spiro atoms. The van der Waals surface area contributed by atoms with Crippen LogP contribution in [0.3, 0.4) is 0 Å². The van der Waals surface area contributed by atoms with E-state index in [0.29, 0.717) is 22.6 Å². The molecule has 0 bridgehead atoms. The summed E-state index contributed by atoms with van der Waals surface area (Å²) in [4.78, 5) is 29.7. The summed E-state index contributed by atoms with van der Waals surface area (Å²) >= 11 is 0. The highest BCUT2D eigenvalue weighted by Crippen LogP contribution is 2.26. The number of hydrogen-bond donors (Lipinski definition) is 1. The molecule has 0 saturated heterocycles. The smallest absolute Gasteiger partial charge is 0.261 e. The molecule has 0 radical (unpaired) electrons. The van der Waals surface area contributed by atoms with E-state index in [1.54, 1.807) is 25.1 Å². The van der Waals surface area contributed by atoms with E-state index in [9.17, 15) is 9.59 Å². The summed E-state index contributed by atoms with van der Waals surface area (Å²) < 4.78 is 1.42. The SMILES string of the molecule is CC[C@@H](C)c1ccccc1NC(=O)Cn1c(C)nc2ccccc2c1=O. The number of fused-ring (bicyclic) bond motifs is 1. The zero-order valence-electron chi connectivity index (χ0n) is 15.3. The number of nitrogens with one attached hydrogen (secondary N) is 1. The fourth-order valence-corrected chi connectivity index (χ4v) is 3.06. The van der Waals surface area contributed by atoms with Gasteiger partial charge in [0.1, 0.15) is 12.4 Å². The van der Waals surface area contributed by atoms with Gasteiger partial charge in [0.05, 0.1) is 10.9 Å². The van der Waals surface area contributed by atoms with E-state index in [2.05, 4.69) is 24.1 Å². The average molecular weight is 349 g/mol. The highest BCUT2D eigenvalue weighted by Gasteiger charge is 2.14. The first-order valence-electron chi connectivity index (χ1n) is 8.86. The number of carbonyl (C=O) groups excluding carboxylic acids is 1. The van der Waals surface area contributed by atoms with E-state index in [4.69, 9.17) is 0 Å². The van der Waals surface area contributed by atoms with Crippen molar-refractivity contribution < 1.29 is 4.79 Å². The Morgan fingerprint density at radius 3 is 2.62 bits per heavy atom. The summed E-state index contributed by atoms with van der Waals surface area (Å²) in [5.74, 6) is 0.639. The third-order valence-electron chi connectivity index (χ3n) is 4.73. The van der Waals surface area contributed by atoms with E-state index < -0.39 is 0 Å². The molecule has 0 unspecified atom stereocenters. The molecule has 3 rings (SSSR count). The Morgan fingerprint density at radius 1 is 1.15 bits per heavy atom. The Labute approximate surface area is 152 Å². The van der Waals surface area contributed by atoms with Crippen molar-refractivity contribution in [3.05, 3.63) is 70.3 Å². The maximum Gasteiger partial charge on any atom is 0.261 e. The van der Waals surface area contributed by atoms with E-state index in [0.717, 1.165) is 17.7 Å². The lowest BCUT2D eigenvalue weighted by Crippen LogP contribution is -2.30. The van der Waals surface area contributed by atoms with Gasteiger partial charge in [-0.1, -0.05) is 44.2 Å². The molecule has 26 heavy (non-hydrogen) atoms. The van der Waals surface area contributed by atoms with Crippen molar-refractivity contribution in [1.82, 2.24) is 9.55 Å². The number of amides is 1. The van der Waals surface area contributed by atoms with Crippen LogP contribution in [0.25, 0.3) is 10.9 Å². The molecule has 1 heterocycles. The van der Waals surface area contributed by atoms with E-state index in [1.807, 2.05) is 30.3 Å². The molecular weight excluding hydrogens is 326 g/mol. The normalized spacial score (nSPS) is 12.1. The predicted octanol–water partition coefficient (Wildman–Crippen LogP) is 3.86. The first-order chi connectivity index (χ1) is 12.5. The molecule has 1 amide bonds. The largest absolute Gasteiger partial charge is 0.324 e. The highest BCUT2D eigenvalue weighted by molar-refractivity contribution is 5.91. The van der Waals surface area contributed by atoms with Gasteiger partial charge in [0.2, 0.25) is 5.91 Å². The van der Waals surface area contributed by atoms with Crippen LogP contribution in [0.1, 0.15) is 37.6 Å². The van der Waals surface area contributed by atoms with Gasteiger partial charge in [0, 0.05) is 5.69 Å². The van der Waals surface area contributed by atoms with E-state index in [1.165, 1.54) is 4.57 Å². The standard InChI is InChI=1S/C21H23N3O2/c1-4-14(2)16-9-5-7-11-18(16)23-20(25)13-24-15(3)22-19-12-8-6-10-17(19)21(24)26/h5-12,14H,4,13H2,1-3H3,(H,23,25)/t14-/m1/s1. The summed E-state index contributed by atoms with van der Waals surface area (Å²) in [6.07, 6.45) is 0.986. The highest BCUT2D eigenvalue weighted by atomic mass is 16.2. The molecule has 0 aliphatic rings. The van der Waals surface area contributed by atoms with Crippen LogP contribution >= 0.6 is 0 Å². The molecular formula is C21H23N3O2. The van der Waals surface area contributed by atoms with Crippen molar-refractivity contribution in [3.8, 4) is 0 Å². The number of rotatable bonds is 5. The fourth-order valence-electron chi connectivity index (χ4n) is 3.06. The minimum atomic E-state index is -0.233. The number of nitrogens with zero attached hydrogens (tertiary/aromatic N) is 2. The first-order valence-corrected chi connectivity index (χ1v) is 8.86. The van der Waals surface area contributed by atoms with Gasteiger partial charge in [0.15, 0.2) is 0 Å². The van der Waals surface area contributed by atoms with Crippen LogP contribution in [0.4, 0.5) is 5.69 Å². The fraction of sp³-hybridized carbons (Fsp3) is 0.286. The number of benzene rings is 2. The van der Waals surface area contributed by atoms with Gasteiger partial charge < -0.3 is 5.32 Å². The van der Waals surface area contributed by atoms with E-state index in [-0.39, 0.29) is 18.0 Å². The van der Waals surface area contributed by atoms with Gasteiger partial charge in [-0.15, -0.1) is 0 Å². The average Bonchev–Trinajstić information content (AvgIpc) is 2.65. The molecule has 1 aromatic heterocycles. The number of carbonyl (C=O) groups is 1. The lowest BCUT2D eigenvalue weighted by atomic mass is 9.97. The zero-order valence-corrected chi connectivity index (χ0v) is 15.3. The lowest BCUT2D eigenvalue weighted by Gasteiger charge is -2.16. The minimum Gasteiger partial charge on any atom is -0.324 e. The van der Waals surface area contributed by atoms with Crippen molar-refractivity contribution in [2.75, 3.05) is 5.32 Å². The summed E-state index contributed by atoms with van der Waals surface area (Å²) in [5, 5.41) is 3.47. The van der Waals surface area contributed by atoms with Crippen LogP contribution < -0.4 is 10.9 Å². The molecule has 3 aromatic rings. The minimum absolute atomic E-state index is 0.0582. The summed E-state index contributed by atoms with van der Waals surface area (Å²) in [5.41, 5.74) is 2.35. The molecule has 134 valence electrons. The molecule has 1 atom stereocenters. The quantitative estimate of drug-likeness (QED) is 0.761. The van der Waals surface area contributed by atoms with Crippen LogP contribution in [0.5, 0.6) is 0 Å². The van der Waals surface area contributed by atoms with Crippen molar-refractivity contribution in [3.63, 3.8) is 0 Å². The van der Waals surface area contributed by atoms with Gasteiger partial charge in [-0.05, 0) is 43.0 Å². The third kappa shape index (κ3) is 3.52. The maximum atomic E-state index is 12.7. The topological polar surface area (TPSA) is 64.0 Å². The van der Waals surface area contributed by atoms with Crippen LogP contribution in [-0.2, 0) is 11.3 Å². The molecule has 5 nitrogen and oxygen atoms in total. The van der Waals surface area contributed by atoms with Crippen LogP contribution in [0.2, 0.25) is 0 Å². The van der Waals surface area contributed by atoms with E-state index >= 15 is 0 Å². The number of aryl methyl sites for hydroxylation is 1. The van der Waals surface area contributed by atoms with Crippen molar-refractivity contribution in [2.24, 2.45) is 0 Å². The molecule has 0 fully saturated rings.